The zero-order valence-electron chi connectivity index (χ0n) is 16.1. The Morgan fingerprint density at radius 2 is 1.93 bits per heavy atom. The Bertz CT molecular complexity index is 733. The Hall–Kier alpha value is -2.37. The van der Waals surface area contributed by atoms with Crippen LogP contribution in [0.5, 0.6) is 0 Å². The van der Waals surface area contributed by atoms with Crippen molar-refractivity contribution in [1.82, 2.24) is 9.80 Å². The van der Waals surface area contributed by atoms with Gasteiger partial charge in [-0.3, -0.25) is 14.4 Å². The minimum absolute atomic E-state index is 0.00264. The molecule has 6 heteroatoms. The standard InChI is InChI=1S/C21H28N2O4/c1-3-14(2)19(24)23-13-16-8-5-4-7-15(16)11-18(23)20(25)22-10-6-9-17(12-22)21(26)27/h4-5,7-8,14,17-18H,3,6,9-13H2,1-2H3,(H,26,27). The summed E-state index contributed by atoms with van der Waals surface area (Å²) in [6, 6.07) is 7.38. The molecule has 0 spiro atoms. The quantitative estimate of drug-likeness (QED) is 0.880. The van der Waals surface area contributed by atoms with Gasteiger partial charge in [0.15, 0.2) is 0 Å². The molecule has 0 saturated carbocycles. The number of likely N-dealkylation sites (tertiary alicyclic amines) is 1. The van der Waals surface area contributed by atoms with Crippen LogP contribution in [0.15, 0.2) is 24.3 Å². The van der Waals surface area contributed by atoms with E-state index in [0.717, 1.165) is 17.5 Å². The number of piperidine rings is 1. The van der Waals surface area contributed by atoms with Crippen molar-refractivity contribution in [1.29, 1.82) is 0 Å². The van der Waals surface area contributed by atoms with Crippen molar-refractivity contribution in [2.75, 3.05) is 13.1 Å². The maximum Gasteiger partial charge on any atom is 0.308 e. The second-order valence-electron chi connectivity index (χ2n) is 7.73. The van der Waals surface area contributed by atoms with Gasteiger partial charge < -0.3 is 14.9 Å². The molecule has 0 aliphatic carbocycles. The zero-order valence-corrected chi connectivity index (χ0v) is 16.1. The lowest BCUT2D eigenvalue weighted by molar-refractivity contribution is -0.152. The van der Waals surface area contributed by atoms with Crippen LogP contribution in [0.1, 0.15) is 44.2 Å². The SMILES string of the molecule is CCC(C)C(=O)N1Cc2ccccc2CC1C(=O)N1CCCC(C(=O)O)C1. The van der Waals surface area contributed by atoms with Crippen LogP contribution in [-0.2, 0) is 27.3 Å². The molecule has 146 valence electrons. The van der Waals surface area contributed by atoms with Crippen LogP contribution in [0.3, 0.4) is 0 Å². The minimum atomic E-state index is -0.853. The molecule has 1 N–H and O–H groups in total. The highest BCUT2D eigenvalue weighted by Crippen LogP contribution is 2.28. The lowest BCUT2D eigenvalue weighted by atomic mass is 9.90. The molecule has 6 nitrogen and oxygen atoms in total. The van der Waals surface area contributed by atoms with E-state index in [1.54, 1.807) is 9.80 Å². The molecule has 2 aliphatic rings. The average molecular weight is 372 g/mol. The predicted octanol–water partition coefficient (Wildman–Crippen LogP) is 2.31. The first-order valence-corrected chi connectivity index (χ1v) is 9.81. The van der Waals surface area contributed by atoms with Gasteiger partial charge in [0, 0.05) is 32.0 Å². The van der Waals surface area contributed by atoms with Crippen LogP contribution in [0, 0.1) is 11.8 Å². The maximum absolute atomic E-state index is 13.3. The molecule has 3 atom stereocenters. The highest BCUT2D eigenvalue weighted by Gasteiger charge is 2.39. The summed E-state index contributed by atoms with van der Waals surface area (Å²) in [5.41, 5.74) is 2.18. The fourth-order valence-electron chi connectivity index (χ4n) is 4.02. The Kier molecular flexibility index (Phi) is 5.82. The van der Waals surface area contributed by atoms with E-state index in [2.05, 4.69) is 0 Å². The number of nitrogens with zero attached hydrogens (tertiary/aromatic N) is 2. The van der Waals surface area contributed by atoms with E-state index < -0.39 is 17.9 Å². The van der Waals surface area contributed by atoms with Gasteiger partial charge in [-0.25, -0.2) is 0 Å². The summed E-state index contributed by atoms with van der Waals surface area (Å²) >= 11 is 0. The van der Waals surface area contributed by atoms with E-state index in [4.69, 9.17) is 0 Å². The third-order valence-corrected chi connectivity index (χ3v) is 5.93. The normalized spacial score (nSPS) is 23.5. The average Bonchev–Trinajstić information content (AvgIpc) is 2.71. The fourth-order valence-corrected chi connectivity index (χ4v) is 4.02. The van der Waals surface area contributed by atoms with Crippen LogP contribution in [0.4, 0.5) is 0 Å². The van der Waals surface area contributed by atoms with E-state index in [9.17, 15) is 19.5 Å². The zero-order chi connectivity index (χ0) is 19.6. The summed E-state index contributed by atoms with van der Waals surface area (Å²) in [5.74, 6) is -1.63. The van der Waals surface area contributed by atoms with E-state index in [1.807, 2.05) is 38.1 Å². The molecule has 3 unspecified atom stereocenters. The molecule has 2 aliphatic heterocycles. The Balaban J connectivity index is 1.86. The second kappa shape index (κ2) is 8.11. The molecule has 1 saturated heterocycles. The molecule has 2 amide bonds. The lowest BCUT2D eigenvalue weighted by Gasteiger charge is -2.41. The van der Waals surface area contributed by atoms with Crippen LogP contribution in [0.2, 0.25) is 0 Å². The van der Waals surface area contributed by atoms with Gasteiger partial charge in [-0.15, -0.1) is 0 Å². The van der Waals surface area contributed by atoms with Gasteiger partial charge >= 0.3 is 5.97 Å². The summed E-state index contributed by atoms with van der Waals surface area (Å²) in [4.78, 5) is 41.0. The Morgan fingerprint density at radius 3 is 2.59 bits per heavy atom. The van der Waals surface area contributed by atoms with E-state index in [-0.39, 0.29) is 24.3 Å². The van der Waals surface area contributed by atoms with Crippen LogP contribution >= 0.6 is 0 Å². The predicted molar refractivity (Wildman–Crippen MR) is 101 cm³/mol. The monoisotopic (exact) mass is 372 g/mol. The molecule has 2 heterocycles. The number of carbonyl (C=O) groups is 3. The molecular weight excluding hydrogens is 344 g/mol. The highest BCUT2D eigenvalue weighted by molar-refractivity contribution is 5.89. The van der Waals surface area contributed by atoms with Crippen molar-refractivity contribution in [3.63, 3.8) is 0 Å². The first-order chi connectivity index (χ1) is 12.9. The highest BCUT2D eigenvalue weighted by atomic mass is 16.4. The smallest absolute Gasteiger partial charge is 0.308 e. The van der Waals surface area contributed by atoms with Gasteiger partial charge in [-0.05, 0) is 30.4 Å². The topological polar surface area (TPSA) is 77.9 Å². The number of amides is 2. The lowest BCUT2D eigenvalue weighted by Crippen LogP contribution is -2.56. The van der Waals surface area contributed by atoms with Gasteiger partial charge in [0.2, 0.25) is 11.8 Å². The molecule has 0 radical (unpaired) electrons. The summed E-state index contributed by atoms with van der Waals surface area (Å²) in [5, 5.41) is 9.32. The number of carboxylic acid groups (broad SMARTS) is 1. The summed E-state index contributed by atoms with van der Waals surface area (Å²) < 4.78 is 0. The van der Waals surface area contributed by atoms with Crippen molar-refractivity contribution in [3.05, 3.63) is 35.4 Å². The van der Waals surface area contributed by atoms with Crippen molar-refractivity contribution in [3.8, 4) is 0 Å². The molecule has 3 rings (SSSR count). The third-order valence-electron chi connectivity index (χ3n) is 5.93. The number of hydrogen-bond donors (Lipinski definition) is 1. The molecule has 0 bridgehead atoms. The van der Waals surface area contributed by atoms with Crippen molar-refractivity contribution in [2.24, 2.45) is 11.8 Å². The van der Waals surface area contributed by atoms with Crippen molar-refractivity contribution < 1.29 is 19.5 Å². The van der Waals surface area contributed by atoms with Crippen LogP contribution in [-0.4, -0.2) is 51.8 Å². The molecule has 1 fully saturated rings. The minimum Gasteiger partial charge on any atom is -0.481 e. The summed E-state index contributed by atoms with van der Waals surface area (Å²) in [7, 11) is 0. The Morgan fingerprint density at radius 1 is 1.22 bits per heavy atom. The number of fused-ring (bicyclic) bond motifs is 1. The molecular formula is C21H28N2O4. The summed E-state index contributed by atoms with van der Waals surface area (Å²) in [6.45, 7) is 5.10. The second-order valence-corrected chi connectivity index (χ2v) is 7.73. The van der Waals surface area contributed by atoms with Gasteiger partial charge in [0.1, 0.15) is 6.04 Å². The van der Waals surface area contributed by atoms with Gasteiger partial charge in [0.25, 0.3) is 0 Å². The Labute approximate surface area is 160 Å². The van der Waals surface area contributed by atoms with E-state index in [1.165, 1.54) is 0 Å². The number of benzene rings is 1. The van der Waals surface area contributed by atoms with E-state index in [0.29, 0.717) is 32.4 Å². The third kappa shape index (κ3) is 3.99. The van der Waals surface area contributed by atoms with Gasteiger partial charge in [-0.2, -0.15) is 0 Å². The summed E-state index contributed by atoms with van der Waals surface area (Å²) in [6.07, 6.45) is 2.50. The molecule has 27 heavy (non-hydrogen) atoms. The number of rotatable bonds is 4. The number of aliphatic carboxylic acids is 1. The molecule has 1 aromatic rings. The van der Waals surface area contributed by atoms with Crippen LogP contribution < -0.4 is 0 Å². The number of hydrogen-bond acceptors (Lipinski definition) is 3. The van der Waals surface area contributed by atoms with Crippen molar-refractivity contribution >= 4 is 17.8 Å². The number of carbonyl (C=O) groups excluding carboxylic acids is 2. The van der Waals surface area contributed by atoms with E-state index >= 15 is 0 Å². The first-order valence-electron chi connectivity index (χ1n) is 9.81. The van der Waals surface area contributed by atoms with Crippen LogP contribution in [0.25, 0.3) is 0 Å². The maximum atomic E-state index is 13.3. The largest absolute Gasteiger partial charge is 0.481 e. The van der Waals surface area contributed by atoms with Crippen molar-refractivity contribution in [2.45, 2.75) is 52.1 Å². The number of carboxylic acids is 1. The van der Waals surface area contributed by atoms with Gasteiger partial charge in [0.05, 0.1) is 5.92 Å². The molecule has 0 aromatic heterocycles. The molecule has 1 aromatic carbocycles. The fraction of sp³-hybridized carbons (Fsp3) is 0.571. The van der Waals surface area contributed by atoms with Gasteiger partial charge in [-0.1, -0.05) is 38.1 Å². The first kappa shape index (κ1) is 19.4.